The molecular formula is C38H49N3O6. The summed E-state index contributed by atoms with van der Waals surface area (Å²) in [4.78, 5) is 34.5. The Morgan fingerprint density at radius 2 is 1.66 bits per heavy atom. The highest BCUT2D eigenvalue weighted by Gasteiger charge is 2.37. The fraction of sp³-hybridized carbons (Fsp3) is 0.500. The van der Waals surface area contributed by atoms with Crippen molar-refractivity contribution >= 4 is 17.9 Å². The molecule has 2 aliphatic heterocycles. The molecule has 0 saturated carbocycles. The summed E-state index contributed by atoms with van der Waals surface area (Å²) in [5.74, 6) is 1.09. The second-order valence-corrected chi connectivity index (χ2v) is 14.5. The third-order valence-electron chi connectivity index (χ3n) is 8.44. The summed E-state index contributed by atoms with van der Waals surface area (Å²) in [6, 6.07) is 18.5. The van der Waals surface area contributed by atoms with E-state index in [0.717, 1.165) is 45.9 Å². The van der Waals surface area contributed by atoms with E-state index in [1.807, 2.05) is 84.9 Å². The number of fused-ring (bicyclic) bond motifs is 1. The maximum absolute atomic E-state index is 12.9. The topological polar surface area (TPSA) is 90.4 Å². The van der Waals surface area contributed by atoms with Crippen LogP contribution >= 0.6 is 0 Å². The molecule has 2 atom stereocenters. The monoisotopic (exact) mass is 643 g/mol. The van der Waals surface area contributed by atoms with Crippen LogP contribution in [-0.2, 0) is 38.6 Å². The predicted octanol–water partition coefficient (Wildman–Crippen LogP) is 7.11. The molecule has 0 N–H and O–H groups in total. The molecule has 0 radical (unpaired) electrons. The second kappa shape index (κ2) is 13.9. The number of carbonyl (C=O) groups is 2. The van der Waals surface area contributed by atoms with E-state index in [1.54, 1.807) is 12.0 Å². The third kappa shape index (κ3) is 8.63. The molecule has 1 saturated heterocycles. The van der Waals surface area contributed by atoms with Gasteiger partial charge >= 0.3 is 12.1 Å². The highest BCUT2D eigenvalue weighted by molar-refractivity contribution is 5.74. The van der Waals surface area contributed by atoms with Crippen molar-refractivity contribution in [1.29, 1.82) is 0 Å². The Morgan fingerprint density at radius 3 is 2.38 bits per heavy atom. The standard InChI is InChI=1S/C38H49N3O6/c1-25-11-9-12-29(31-13-10-14-33(39-31)40-20-18-30(32(23-40)44-8)35(42)46-37(2,3)4)34(25)45-24-26-15-16-28-22-41(19-17-27(28)21-26)36(43)47-38(5,6)7/h9-16,21,30,32H,17-20,22-24H2,1-8H3/t30-,32+/m1/s1. The average molecular weight is 644 g/mol. The summed E-state index contributed by atoms with van der Waals surface area (Å²) >= 11 is 0. The van der Waals surface area contributed by atoms with Crippen LogP contribution in [0.25, 0.3) is 11.3 Å². The van der Waals surface area contributed by atoms with Crippen molar-refractivity contribution in [3.63, 3.8) is 0 Å². The molecular weight excluding hydrogens is 594 g/mol. The van der Waals surface area contributed by atoms with E-state index in [1.165, 1.54) is 5.56 Å². The summed E-state index contributed by atoms with van der Waals surface area (Å²) in [5.41, 5.74) is 5.15. The number of amides is 1. The van der Waals surface area contributed by atoms with E-state index in [-0.39, 0.29) is 24.1 Å². The van der Waals surface area contributed by atoms with Gasteiger partial charge in [-0.1, -0.05) is 36.4 Å². The normalized spacial score (nSPS) is 18.4. The quantitative estimate of drug-likeness (QED) is 0.252. The molecule has 47 heavy (non-hydrogen) atoms. The lowest BCUT2D eigenvalue weighted by Gasteiger charge is -2.38. The smallest absolute Gasteiger partial charge is 0.410 e. The van der Waals surface area contributed by atoms with Gasteiger partial charge in [-0.05, 0) is 102 Å². The molecule has 2 aromatic carbocycles. The van der Waals surface area contributed by atoms with Crippen molar-refractivity contribution in [2.75, 3.05) is 31.6 Å². The van der Waals surface area contributed by atoms with E-state index in [0.29, 0.717) is 39.2 Å². The molecule has 0 unspecified atom stereocenters. The second-order valence-electron chi connectivity index (χ2n) is 14.5. The lowest BCUT2D eigenvalue weighted by atomic mass is 9.93. The molecule has 252 valence electrons. The number of carbonyl (C=O) groups excluding carboxylic acids is 2. The Balaban J connectivity index is 1.28. The highest BCUT2D eigenvalue weighted by Crippen LogP contribution is 2.35. The highest BCUT2D eigenvalue weighted by atomic mass is 16.6. The number of aryl methyl sites for hydroxylation is 1. The number of ether oxygens (including phenoxy) is 4. The first-order valence-corrected chi connectivity index (χ1v) is 16.5. The Labute approximate surface area is 279 Å². The zero-order chi connectivity index (χ0) is 33.9. The van der Waals surface area contributed by atoms with E-state index >= 15 is 0 Å². The van der Waals surface area contributed by atoms with Gasteiger partial charge in [-0.3, -0.25) is 4.79 Å². The number of para-hydroxylation sites is 1. The number of hydrogen-bond donors (Lipinski definition) is 0. The van der Waals surface area contributed by atoms with Gasteiger partial charge in [-0.25, -0.2) is 9.78 Å². The van der Waals surface area contributed by atoms with Gasteiger partial charge in [0.2, 0.25) is 0 Å². The van der Waals surface area contributed by atoms with E-state index in [9.17, 15) is 9.59 Å². The minimum Gasteiger partial charge on any atom is -0.488 e. The van der Waals surface area contributed by atoms with Crippen molar-refractivity contribution in [3.05, 3.63) is 76.9 Å². The van der Waals surface area contributed by atoms with E-state index in [2.05, 4.69) is 23.1 Å². The van der Waals surface area contributed by atoms with Crippen LogP contribution in [0.2, 0.25) is 0 Å². The van der Waals surface area contributed by atoms with Crippen LogP contribution in [0.15, 0.2) is 54.6 Å². The summed E-state index contributed by atoms with van der Waals surface area (Å²) in [6.07, 6.45) is 0.828. The number of nitrogens with zero attached hydrogens (tertiary/aromatic N) is 3. The molecule has 9 nitrogen and oxygen atoms in total. The van der Waals surface area contributed by atoms with Crippen LogP contribution in [0.1, 0.15) is 70.2 Å². The molecule has 2 aliphatic rings. The maximum atomic E-state index is 12.9. The van der Waals surface area contributed by atoms with Crippen LogP contribution in [0.5, 0.6) is 5.75 Å². The zero-order valence-electron chi connectivity index (χ0n) is 29.1. The van der Waals surface area contributed by atoms with Gasteiger partial charge < -0.3 is 28.7 Å². The third-order valence-corrected chi connectivity index (χ3v) is 8.44. The molecule has 3 heterocycles. The molecule has 5 rings (SSSR count). The van der Waals surface area contributed by atoms with Crippen LogP contribution in [0, 0.1) is 12.8 Å². The number of esters is 1. The molecule has 3 aromatic rings. The van der Waals surface area contributed by atoms with Gasteiger partial charge in [0.25, 0.3) is 0 Å². The minimum absolute atomic E-state index is 0.214. The first-order chi connectivity index (χ1) is 22.2. The zero-order valence-corrected chi connectivity index (χ0v) is 29.1. The van der Waals surface area contributed by atoms with Crippen molar-refractivity contribution in [2.24, 2.45) is 5.92 Å². The fourth-order valence-corrected chi connectivity index (χ4v) is 6.14. The molecule has 1 aromatic heterocycles. The lowest BCUT2D eigenvalue weighted by Crippen LogP contribution is -2.49. The largest absolute Gasteiger partial charge is 0.488 e. The van der Waals surface area contributed by atoms with Gasteiger partial charge in [0.05, 0.1) is 17.7 Å². The van der Waals surface area contributed by atoms with Crippen molar-refractivity contribution in [3.8, 4) is 17.0 Å². The number of methoxy groups -OCH3 is 1. The predicted molar refractivity (Wildman–Crippen MR) is 182 cm³/mol. The molecule has 0 aliphatic carbocycles. The number of piperidine rings is 1. The van der Waals surface area contributed by atoms with E-state index < -0.39 is 11.2 Å². The van der Waals surface area contributed by atoms with Crippen LogP contribution < -0.4 is 9.64 Å². The first kappa shape index (κ1) is 34.2. The molecule has 1 fully saturated rings. The number of pyridine rings is 1. The van der Waals surface area contributed by atoms with Gasteiger partial charge in [0.15, 0.2) is 0 Å². The molecule has 9 heteroatoms. The number of aromatic nitrogens is 1. The lowest BCUT2D eigenvalue weighted by molar-refractivity contribution is -0.165. The number of rotatable bonds is 7. The summed E-state index contributed by atoms with van der Waals surface area (Å²) in [7, 11) is 1.65. The maximum Gasteiger partial charge on any atom is 0.410 e. The first-order valence-electron chi connectivity index (χ1n) is 16.5. The number of benzene rings is 2. The van der Waals surface area contributed by atoms with Crippen molar-refractivity contribution in [2.45, 2.75) is 91.8 Å². The van der Waals surface area contributed by atoms with Gasteiger partial charge in [-0.2, -0.15) is 0 Å². The van der Waals surface area contributed by atoms with Crippen LogP contribution in [0.4, 0.5) is 10.6 Å². The Hall–Kier alpha value is -4.11. The Bertz CT molecular complexity index is 1590. The van der Waals surface area contributed by atoms with Crippen molar-refractivity contribution < 1.29 is 28.5 Å². The summed E-state index contributed by atoms with van der Waals surface area (Å²) < 4.78 is 23.5. The molecule has 0 bridgehead atoms. The minimum atomic E-state index is -0.541. The Kier molecular flexibility index (Phi) is 10.2. The number of hydrogen-bond acceptors (Lipinski definition) is 8. The fourth-order valence-electron chi connectivity index (χ4n) is 6.14. The average Bonchev–Trinajstić information content (AvgIpc) is 3.01. The molecule has 1 amide bonds. The summed E-state index contributed by atoms with van der Waals surface area (Å²) in [5, 5.41) is 0. The van der Waals surface area contributed by atoms with Gasteiger partial charge in [0.1, 0.15) is 29.4 Å². The van der Waals surface area contributed by atoms with E-state index in [4.69, 9.17) is 23.9 Å². The number of anilines is 1. The van der Waals surface area contributed by atoms with Gasteiger partial charge in [-0.15, -0.1) is 0 Å². The molecule has 0 spiro atoms. The van der Waals surface area contributed by atoms with Crippen LogP contribution in [-0.4, -0.2) is 66.0 Å². The van der Waals surface area contributed by atoms with Crippen LogP contribution in [0.3, 0.4) is 0 Å². The van der Waals surface area contributed by atoms with Gasteiger partial charge in [0, 0.05) is 38.9 Å². The SMILES string of the molecule is CO[C@H]1CN(c2cccc(-c3cccc(C)c3OCc3ccc4c(c3)CCN(C(=O)OC(C)(C)C)C4)n2)CC[C@H]1C(=O)OC(C)(C)C. The van der Waals surface area contributed by atoms with Crippen molar-refractivity contribution in [1.82, 2.24) is 9.88 Å². The Morgan fingerprint density at radius 1 is 0.915 bits per heavy atom. The summed E-state index contributed by atoms with van der Waals surface area (Å²) in [6.45, 7) is 16.2.